The van der Waals surface area contributed by atoms with E-state index in [1.807, 2.05) is 30.3 Å². The number of urea groups is 1. The summed E-state index contributed by atoms with van der Waals surface area (Å²) in [6.45, 7) is 6.77. The quantitative estimate of drug-likeness (QED) is 0.0274. The molecule has 376 valence electrons. The van der Waals surface area contributed by atoms with Crippen LogP contribution in [0.3, 0.4) is 0 Å². The highest BCUT2D eigenvalue weighted by Crippen LogP contribution is 2.34. The van der Waals surface area contributed by atoms with Gasteiger partial charge in [-0.15, -0.1) is 0 Å². The molecule has 0 saturated carbocycles. The Labute approximate surface area is 410 Å². The molecule has 1 saturated heterocycles. The summed E-state index contributed by atoms with van der Waals surface area (Å²) in [5.41, 5.74) is 0.966. The van der Waals surface area contributed by atoms with Crippen molar-refractivity contribution in [2.24, 2.45) is 0 Å². The van der Waals surface area contributed by atoms with Crippen LogP contribution in [-0.4, -0.2) is 69.7 Å². The van der Waals surface area contributed by atoms with Crippen LogP contribution >= 0.6 is 0 Å². The lowest BCUT2D eigenvalue weighted by molar-refractivity contribution is -0.145. The lowest BCUT2D eigenvalue weighted by Crippen LogP contribution is -2.45. The second-order valence-electron chi connectivity index (χ2n) is 18.4. The molecule has 1 aliphatic rings. The van der Waals surface area contributed by atoms with Gasteiger partial charge in [-0.25, -0.2) is 19.5 Å². The van der Waals surface area contributed by atoms with E-state index < -0.39 is 36.1 Å². The summed E-state index contributed by atoms with van der Waals surface area (Å²) in [6.07, 6.45) is 23.8. The van der Waals surface area contributed by atoms with Crippen LogP contribution < -0.4 is 15.6 Å². The van der Waals surface area contributed by atoms with E-state index in [2.05, 4.69) is 19.2 Å². The predicted molar refractivity (Wildman–Crippen MR) is 273 cm³/mol. The van der Waals surface area contributed by atoms with Gasteiger partial charge >= 0.3 is 12.0 Å². The summed E-state index contributed by atoms with van der Waals surface area (Å²) >= 11 is 0. The van der Waals surface area contributed by atoms with Crippen molar-refractivity contribution in [2.75, 3.05) is 25.6 Å². The molecule has 2 heterocycles. The number of rotatable bonds is 34. The molecule has 1 N–H and O–H groups in total. The summed E-state index contributed by atoms with van der Waals surface area (Å²) in [4.78, 5) is 79.7. The van der Waals surface area contributed by atoms with E-state index in [-0.39, 0.29) is 54.7 Å². The first-order valence-corrected chi connectivity index (χ1v) is 26.2. The normalized spacial score (nSPS) is 14.2. The molecule has 5 rings (SSSR count). The van der Waals surface area contributed by atoms with Crippen molar-refractivity contribution in [1.29, 1.82) is 0 Å². The topological polar surface area (TPSA) is 149 Å². The van der Waals surface area contributed by atoms with Crippen LogP contribution in [0.1, 0.15) is 190 Å². The molecule has 4 amide bonds. The number of fused-ring (bicyclic) bond motifs is 1. The van der Waals surface area contributed by atoms with Crippen molar-refractivity contribution in [3.8, 4) is 5.75 Å². The number of esters is 1. The molecule has 3 aromatic carbocycles. The zero-order chi connectivity index (χ0) is 49.2. The summed E-state index contributed by atoms with van der Waals surface area (Å²) in [7, 11) is 1.44. The standard InChI is InChI=1S/C56H79N5O8/c1-5-8-10-12-14-16-18-19-21-23-25-32-40-69-55(65)44-37-38-48(67-4)47(41-44)58-51(62)49(61-53(64)54(68-7-3)60(56(61)66)42-43-33-27-26-28-34-43)50-57-46-36-30-29-35-45(46)52(63)59(50)39-31-24-22-20-17-15-13-11-9-6-2/h26-30,33-38,41,49,54H,5-25,31-32,39-40,42H2,1-4H3,(H,58,62). The van der Waals surface area contributed by atoms with Crippen molar-refractivity contribution in [1.82, 2.24) is 19.4 Å². The van der Waals surface area contributed by atoms with E-state index in [0.717, 1.165) is 55.4 Å². The van der Waals surface area contributed by atoms with Gasteiger partial charge in [-0.05, 0) is 55.7 Å². The summed E-state index contributed by atoms with van der Waals surface area (Å²) < 4.78 is 18.7. The number of carbonyl (C=O) groups is 4. The molecule has 0 bridgehead atoms. The number of aromatic nitrogens is 2. The predicted octanol–water partition coefficient (Wildman–Crippen LogP) is 12.7. The minimum absolute atomic E-state index is 0.0225. The van der Waals surface area contributed by atoms with E-state index in [0.29, 0.717) is 17.3 Å². The number of anilines is 1. The number of benzene rings is 3. The van der Waals surface area contributed by atoms with Gasteiger partial charge in [0, 0.05) is 13.2 Å². The number of ether oxygens (including phenoxy) is 3. The van der Waals surface area contributed by atoms with Crippen molar-refractivity contribution in [2.45, 2.75) is 187 Å². The maximum atomic E-state index is 15.2. The van der Waals surface area contributed by atoms with Crippen molar-refractivity contribution < 1.29 is 33.4 Å². The molecule has 1 aliphatic heterocycles. The molecular weight excluding hydrogens is 871 g/mol. The first kappa shape index (κ1) is 54.4. The Morgan fingerprint density at radius 1 is 0.681 bits per heavy atom. The monoisotopic (exact) mass is 950 g/mol. The van der Waals surface area contributed by atoms with Gasteiger partial charge in [0.05, 0.1) is 42.4 Å². The van der Waals surface area contributed by atoms with Gasteiger partial charge in [0.1, 0.15) is 11.6 Å². The van der Waals surface area contributed by atoms with E-state index in [1.54, 1.807) is 43.3 Å². The van der Waals surface area contributed by atoms with Crippen molar-refractivity contribution in [3.05, 3.63) is 100 Å². The number of nitrogens with one attached hydrogen (secondary N) is 1. The summed E-state index contributed by atoms with van der Waals surface area (Å²) in [6, 6.07) is 18.1. The fourth-order valence-corrected chi connectivity index (χ4v) is 9.12. The van der Waals surface area contributed by atoms with Gasteiger partial charge in [-0.1, -0.05) is 185 Å². The number of unbranched alkanes of at least 4 members (excludes halogenated alkanes) is 20. The van der Waals surface area contributed by atoms with Gasteiger partial charge in [-0.2, -0.15) is 0 Å². The third-order valence-corrected chi connectivity index (χ3v) is 13.0. The first-order chi connectivity index (χ1) is 33.7. The molecule has 2 atom stereocenters. The molecular formula is C56H79N5O8. The van der Waals surface area contributed by atoms with Gasteiger partial charge < -0.3 is 19.5 Å². The number of nitrogens with zero attached hydrogens (tertiary/aromatic N) is 4. The van der Waals surface area contributed by atoms with Crippen molar-refractivity contribution >= 4 is 40.4 Å². The average molecular weight is 950 g/mol. The Morgan fingerprint density at radius 3 is 1.84 bits per heavy atom. The Balaban J connectivity index is 1.39. The lowest BCUT2D eigenvalue weighted by Gasteiger charge is -2.27. The third kappa shape index (κ3) is 16.3. The fraction of sp³-hybridized carbons (Fsp3) is 0.571. The Kier molecular flexibility index (Phi) is 23.8. The molecule has 13 nitrogen and oxygen atoms in total. The van der Waals surface area contributed by atoms with E-state index >= 15 is 4.79 Å². The maximum absolute atomic E-state index is 15.2. The van der Waals surface area contributed by atoms with Crippen LogP contribution in [0.2, 0.25) is 0 Å². The molecule has 13 heteroatoms. The molecule has 69 heavy (non-hydrogen) atoms. The van der Waals surface area contributed by atoms with Crippen LogP contribution in [0.5, 0.6) is 5.75 Å². The largest absolute Gasteiger partial charge is 0.495 e. The first-order valence-electron chi connectivity index (χ1n) is 26.2. The average Bonchev–Trinajstić information content (AvgIpc) is 3.58. The van der Waals surface area contributed by atoms with Crippen LogP contribution in [0.25, 0.3) is 10.9 Å². The Bertz CT molecular complexity index is 2260. The molecule has 1 fully saturated rings. The molecule has 0 spiro atoms. The van der Waals surface area contributed by atoms with Gasteiger partial charge in [0.15, 0.2) is 6.04 Å². The van der Waals surface area contributed by atoms with E-state index in [4.69, 9.17) is 19.2 Å². The number of amides is 4. The zero-order valence-corrected chi connectivity index (χ0v) is 42.0. The number of imide groups is 1. The van der Waals surface area contributed by atoms with Gasteiger partial charge in [0.25, 0.3) is 17.4 Å². The number of methoxy groups -OCH3 is 1. The number of hydrogen-bond donors (Lipinski definition) is 1. The van der Waals surface area contributed by atoms with Crippen LogP contribution in [0.15, 0.2) is 77.6 Å². The second kappa shape index (κ2) is 30.1. The van der Waals surface area contributed by atoms with Crippen LogP contribution in [0.4, 0.5) is 10.5 Å². The molecule has 2 unspecified atom stereocenters. The lowest BCUT2D eigenvalue weighted by atomic mass is 10.1. The highest BCUT2D eigenvalue weighted by molar-refractivity contribution is 6.09. The minimum Gasteiger partial charge on any atom is -0.495 e. The van der Waals surface area contributed by atoms with Crippen LogP contribution in [0, 0.1) is 0 Å². The maximum Gasteiger partial charge on any atom is 0.338 e. The van der Waals surface area contributed by atoms with E-state index in [9.17, 15) is 19.2 Å². The fourth-order valence-electron chi connectivity index (χ4n) is 9.12. The highest BCUT2D eigenvalue weighted by Gasteiger charge is 2.52. The van der Waals surface area contributed by atoms with Crippen molar-refractivity contribution in [3.63, 3.8) is 0 Å². The number of hydrogen-bond acceptors (Lipinski definition) is 9. The number of carbonyl (C=O) groups excluding carboxylic acids is 4. The molecule has 1 aromatic heterocycles. The molecule has 4 aromatic rings. The third-order valence-electron chi connectivity index (χ3n) is 13.0. The van der Waals surface area contributed by atoms with Crippen LogP contribution in [-0.2, 0) is 32.2 Å². The summed E-state index contributed by atoms with van der Waals surface area (Å²) in [5, 5.41) is 3.22. The number of para-hydroxylation sites is 1. The summed E-state index contributed by atoms with van der Waals surface area (Å²) in [5.74, 6) is -2.01. The Hall–Kier alpha value is -5.56. The smallest absolute Gasteiger partial charge is 0.338 e. The molecule has 0 aliphatic carbocycles. The second-order valence-corrected chi connectivity index (χ2v) is 18.4. The Morgan fingerprint density at radius 2 is 1.25 bits per heavy atom. The van der Waals surface area contributed by atoms with Gasteiger partial charge in [0.2, 0.25) is 6.23 Å². The SMILES string of the molecule is CCCCCCCCCCCCCCOC(=O)c1ccc(OC)c(NC(=O)C(c2nc3ccccc3c(=O)n2CCCCCCCCCCCC)N2C(=O)C(OCC)N(Cc3ccccc3)C2=O)c1. The minimum atomic E-state index is -1.74. The van der Waals surface area contributed by atoms with E-state index in [1.165, 1.54) is 113 Å². The molecule has 0 radical (unpaired) electrons. The van der Waals surface area contributed by atoms with Gasteiger partial charge in [-0.3, -0.25) is 23.9 Å². The highest BCUT2D eigenvalue weighted by atomic mass is 16.5. The zero-order valence-electron chi connectivity index (χ0n) is 42.0.